The molecule has 4 unspecified atom stereocenters. The SMILES string of the molecule is CC(C)CC(NC(=O)C(CCC(N)=O)NC(=O)C(Cc1c[nH]c2ccccc12)NC(=O)C(N)Cc1c[nH]c2ccccc12)C(=O)O. The van der Waals surface area contributed by atoms with E-state index >= 15 is 0 Å². The molecule has 0 aliphatic rings. The van der Waals surface area contributed by atoms with Crippen molar-refractivity contribution in [3.63, 3.8) is 0 Å². The van der Waals surface area contributed by atoms with Crippen molar-refractivity contribution in [2.75, 3.05) is 0 Å². The zero-order valence-electron chi connectivity index (χ0n) is 25.8. The molecule has 0 saturated heterocycles. The number of carboxylic acid groups (broad SMARTS) is 1. The fraction of sp³-hybridized carbons (Fsp3) is 0.364. The third kappa shape index (κ3) is 8.72. The Balaban J connectivity index is 1.56. The molecule has 0 aliphatic carbocycles. The van der Waals surface area contributed by atoms with Crippen molar-refractivity contribution in [2.45, 2.75) is 70.1 Å². The molecule has 0 bridgehead atoms. The lowest BCUT2D eigenvalue weighted by Crippen LogP contribution is -2.58. The van der Waals surface area contributed by atoms with Gasteiger partial charge in [0.1, 0.15) is 18.1 Å². The second kappa shape index (κ2) is 15.2. The second-order valence-corrected chi connectivity index (χ2v) is 11.9. The summed E-state index contributed by atoms with van der Waals surface area (Å²) in [6, 6.07) is 10.4. The molecular weight excluding hydrogens is 590 g/mol. The number of primary amides is 1. The Morgan fingerprint density at radius 2 is 1.24 bits per heavy atom. The van der Waals surface area contributed by atoms with Crippen molar-refractivity contribution in [3.8, 4) is 0 Å². The Kier molecular flexibility index (Phi) is 11.2. The molecule has 0 spiro atoms. The van der Waals surface area contributed by atoms with Gasteiger partial charge in [-0.15, -0.1) is 0 Å². The van der Waals surface area contributed by atoms with Gasteiger partial charge in [-0.05, 0) is 48.4 Å². The van der Waals surface area contributed by atoms with E-state index in [0.29, 0.717) is 0 Å². The predicted molar refractivity (Wildman–Crippen MR) is 173 cm³/mol. The van der Waals surface area contributed by atoms with Gasteiger partial charge >= 0.3 is 5.97 Å². The molecule has 0 saturated carbocycles. The second-order valence-electron chi connectivity index (χ2n) is 11.9. The summed E-state index contributed by atoms with van der Waals surface area (Å²) in [6.07, 6.45) is 3.53. The number of H-pyrrole nitrogens is 2. The summed E-state index contributed by atoms with van der Waals surface area (Å²) in [6.45, 7) is 3.63. The molecule has 2 aromatic heterocycles. The van der Waals surface area contributed by atoms with Gasteiger partial charge in [-0.1, -0.05) is 50.2 Å². The standard InChI is InChI=1S/C33H41N7O6/c1-18(2)13-28(33(45)46)40-31(43)26(11-12-29(35)41)38-32(44)27(15-20-17-37-25-10-6-4-8-22(20)25)39-30(42)23(34)14-19-16-36-24-9-5-3-7-21(19)24/h3-10,16-18,23,26-28,36-37H,11-15,34H2,1-2H3,(H2,35,41)(H,38,44)(H,39,42)(H,40,43)(H,45,46). The van der Waals surface area contributed by atoms with Crippen molar-refractivity contribution in [1.29, 1.82) is 0 Å². The number of amides is 4. The number of nitrogens with two attached hydrogens (primary N) is 2. The van der Waals surface area contributed by atoms with Crippen LogP contribution in [0.4, 0.5) is 0 Å². The molecule has 0 aliphatic heterocycles. The fourth-order valence-corrected chi connectivity index (χ4v) is 5.43. The highest BCUT2D eigenvalue weighted by Gasteiger charge is 2.31. The van der Waals surface area contributed by atoms with Gasteiger partial charge in [-0.25, -0.2) is 4.79 Å². The summed E-state index contributed by atoms with van der Waals surface area (Å²) < 4.78 is 0. The molecule has 4 amide bonds. The molecule has 4 aromatic rings. The van der Waals surface area contributed by atoms with Gasteiger partial charge in [0.25, 0.3) is 0 Å². The first kappa shape index (κ1) is 33.7. The number of aromatic amines is 2. The molecule has 0 fully saturated rings. The number of carbonyl (C=O) groups excluding carboxylic acids is 4. The number of aromatic nitrogens is 2. The van der Waals surface area contributed by atoms with Crippen LogP contribution in [0.3, 0.4) is 0 Å². The maximum Gasteiger partial charge on any atom is 0.326 e. The van der Waals surface area contributed by atoms with Crippen molar-refractivity contribution in [2.24, 2.45) is 17.4 Å². The number of rotatable bonds is 16. The number of aliphatic carboxylic acids is 1. The summed E-state index contributed by atoms with van der Waals surface area (Å²) in [5.74, 6) is -4.03. The average Bonchev–Trinajstić information content (AvgIpc) is 3.62. The van der Waals surface area contributed by atoms with Crippen LogP contribution in [0.25, 0.3) is 21.8 Å². The van der Waals surface area contributed by atoms with E-state index in [4.69, 9.17) is 11.5 Å². The van der Waals surface area contributed by atoms with Crippen molar-refractivity contribution in [3.05, 3.63) is 72.1 Å². The number of para-hydroxylation sites is 2. The highest BCUT2D eigenvalue weighted by molar-refractivity contribution is 5.95. The molecule has 244 valence electrons. The average molecular weight is 632 g/mol. The fourth-order valence-electron chi connectivity index (χ4n) is 5.43. The molecule has 4 atom stereocenters. The largest absolute Gasteiger partial charge is 0.480 e. The molecule has 2 heterocycles. The highest BCUT2D eigenvalue weighted by Crippen LogP contribution is 2.21. The lowest BCUT2D eigenvalue weighted by atomic mass is 10.0. The molecule has 13 nitrogen and oxygen atoms in total. The Bertz CT molecular complexity index is 1710. The molecule has 13 heteroatoms. The molecule has 2 aromatic carbocycles. The van der Waals surface area contributed by atoms with E-state index in [1.165, 1.54) is 0 Å². The van der Waals surface area contributed by atoms with Gasteiger partial charge in [0.2, 0.25) is 23.6 Å². The van der Waals surface area contributed by atoms with Crippen LogP contribution in [0.2, 0.25) is 0 Å². The first-order valence-corrected chi connectivity index (χ1v) is 15.2. The summed E-state index contributed by atoms with van der Waals surface area (Å²) in [7, 11) is 0. The number of nitrogens with one attached hydrogen (secondary N) is 5. The zero-order valence-corrected chi connectivity index (χ0v) is 25.8. The van der Waals surface area contributed by atoms with Gasteiger partial charge in [0.05, 0.1) is 6.04 Å². The van der Waals surface area contributed by atoms with Crippen LogP contribution in [0.1, 0.15) is 44.2 Å². The van der Waals surface area contributed by atoms with E-state index in [2.05, 4.69) is 25.9 Å². The Hall–Kier alpha value is -5.17. The minimum atomic E-state index is -1.30. The van der Waals surface area contributed by atoms with Crippen LogP contribution in [0, 0.1) is 5.92 Å². The van der Waals surface area contributed by atoms with Crippen LogP contribution >= 0.6 is 0 Å². The molecule has 10 N–H and O–H groups in total. The van der Waals surface area contributed by atoms with Crippen LogP contribution in [-0.2, 0) is 36.8 Å². The third-order valence-corrected chi connectivity index (χ3v) is 7.82. The van der Waals surface area contributed by atoms with Gasteiger partial charge in [0.15, 0.2) is 0 Å². The quantitative estimate of drug-likeness (QED) is 0.0911. The van der Waals surface area contributed by atoms with Crippen LogP contribution in [0.15, 0.2) is 60.9 Å². The Morgan fingerprint density at radius 1 is 0.739 bits per heavy atom. The predicted octanol–water partition coefficient (Wildman–Crippen LogP) is 1.61. The summed E-state index contributed by atoms with van der Waals surface area (Å²) >= 11 is 0. The van der Waals surface area contributed by atoms with Crippen LogP contribution < -0.4 is 27.4 Å². The van der Waals surface area contributed by atoms with Gasteiger partial charge in [0, 0.05) is 47.0 Å². The van der Waals surface area contributed by atoms with E-state index in [1.54, 1.807) is 12.4 Å². The molecule has 4 rings (SSSR count). The minimum absolute atomic E-state index is 0.0377. The van der Waals surface area contributed by atoms with Gasteiger partial charge < -0.3 is 42.5 Å². The van der Waals surface area contributed by atoms with E-state index in [9.17, 15) is 29.1 Å². The number of carboxylic acids is 1. The van der Waals surface area contributed by atoms with Gasteiger partial charge in [-0.3, -0.25) is 19.2 Å². The molecule has 46 heavy (non-hydrogen) atoms. The Morgan fingerprint density at radius 3 is 1.78 bits per heavy atom. The van der Waals surface area contributed by atoms with Crippen LogP contribution in [0.5, 0.6) is 0 Å². The third-order valence-electron chi connectivity index (χ3n) is 7.82. The van der Waals surface area contributed by atoms with E-state index in [-0.39, 0.29) is 38.0 Å². The van der Waals surface area contributed by atoms with Crippen LogP contribution in [-0.4, -0.2) is 68.8 Å². The van der Waals surface area contributed by atoms with E-state index in [1.807, 2.05) is 62.4 Å². The van der Waals surface area contributed by atoms with Crippen molar-refractivity contribution >= 4 is 51.4 Å². The number of carbonyl (C=O) groups is 5. The summed E-state index contributed by atoms with van der Waals surface area (Å²) in [4.78, 5) is 70.2. The van der Waals surface area contributed by atoms with E-state index < -0.39 is 53.8 Å². The van der Waals surface area contributed by atoms with E-state index in [0.717, 1.165) is 32.9 Å². The number of fused-ring (bicyclic) bond motifs is 2. The topological polar surface area (TPSA) is 225 Å². The normalized spacial score (nSPS) is 14.0. The lowest BCUT2D eigenvalue weighted by Gasteiger charge is -2.25. The maximum absolute atomic E-state index is 13.8. The highest BCUT2D eigenvalue weighted by atomic mass is 16.4. The summed E-state index contributed by atoms with van der Waals surface area (Å²) in [5, 5.41) is 19.3. The zero-order chi connectivity index (χ0) is 33.4. The number of hydrogen-bond donors (Lipinski definition) is 8. The number of benzene rings is 2. The van der Waals surface area contributed by atoms with Gasteiger partial charge in [-0.2, -0.15) is 0 Å². The maximum atomic E-state index is 13.8. The summed E-state index contributed by atoms with van der Waals surface area (Å²) in [5.41, 5.74) is 15.0. The molecule has 0 radical (unpaired) electrons. The Labute approximate surface area is 265 Å². The van der Waals surface area contributed by atoms with Crippen molar-refractivity contribution < 1.29 is 29.1 Å². The monoisotopic (exact) mass is 631 g/mol. The van der Waals surface area contributed by atoms with Crippen molar-refractivity contribution in [1.82, 2.24) is 25.9 Å². The first-order chi connectivity index (χ1) is 21.9. The lowest BCUT2D eigenvalue weighted by molar-refractivity contribution is -0.143. The number of hydrogen-bond acceptors (Lipinski definition) is 6. The molecular formula is C33H41N7O6. The smallest absolute Gasteiger partial charge is 0.326 e. The minimum Gasteiger partial charge on any atom is -0.480 e. The first-order valence-electron chi connectivity index (χ1n) is 15.2.